The average Bonchev–Trinajstić information content (AvgIpc) is 2.79. The van der Waals surface area contributed by atoms with Crippen LogP contribution < -0.4 is 5.32 Å². The van der Waals surface area contributed by atoms with E-state index < -0.39 is 0 Å². The third-order valence-corrected chi connectivity index (χ3v) is 4.03. The number of hydrogen-bond acceptors (Lipinski definition) is 5. The first kappa shape index (κ1) is 15.8. The van der Waals surface area contributed by atoms with Gasteiger partial charge < -0.3 is 19.5 Å². The number of ether oxygens (including phenoxy) is 1. The van der Waals surface area contributed by atoms with E-state index in [9.17, 15) is 4.79 Å². The molecular weight excluding hydrogens is 270 g/mol. The summed E-state index contributed by atoms with van der Waals surface area (Å²) < 4.78 is 10.3. The normalized spacial score (nSPS) is 17.8. The predicted molar refractivity (Wildman–Crippen MR) is 79.1 cm³/mol. The van der Waals surface area contributed by atoms with Crippen molar-refractivity contribution in [1.82, 2.24) is 15.4 Å². The van der Waals surface area contributed by atoms with Crippen LogP contribution in [0.15, 0.2) is 4.52 Å². The monoisotopic (exact) mass is 295 g/mol. The summed E-state index contributed by atoms with van der Waals surface area (Å²) in [4.78, 5) is 13.4. The van der Waals surface area contributed by atoms with Gasteiger partial charge in [-0.05, 0) is 40.5 Å². The summed E-state index contributed by atoms with van der Waals surface area (Å²) in [5.41, 5.74) is 2.08. The van der Waals surface area contributed by atoms with E-state index in [-0.39, 0.29) is 12.1 Å². The molecule has 0 spiro atoms. The van der Waals surface area contributed by atoms with Crippen molar-refractivity contribution in [1.29, 1.82) is 0 Å². The molecular formula is C15H25N3O3. The Labute approximate surface area is 125 Å². The fourth-order valence-corrected chi connectivity index (χ4v) is 2.99. The Bertz CT molecular complexity index is 459. The van der Waals surface area contributed by atoms with Crippen molar-refractivity contribution in [3.63, 3.8) is 0 Å². The fourth-order valence-electron chi connectivity index (χ4n) is 2.99. The fraction of sp³-hybridized carbons (Fsp3) is 0.733. The zero-order chi connectivity index (χ0) is 15.4. The molecule has 0 aliphatic carbocycles. The Hall–Kier alpha value is -1.56. The van der Waals surface area contributed by atoms with E-state index in [0.717, 1.165) is 42.9 Å². The molecule has 1 aliphatic heterocycles. The van der Waals surface area contributed by atoms with Crippen LogP contribution in [0.2, 0.25) is 0 Å². The minimum absolute atomic E-state index is 0.199. The minimum atomic E-state index is -0.199. The third-order valence-electron chi connectivity index (χ3n) is 4.03. The SMILES string of the molecule is CCOC(=O)N1CCC(NC(C)c2c(C)noc2C)CC1. The summed E-state index contributed by atoms with van der Waals surface area (Å²) in [7, 11) is 0. The molecule has 6 heteroatoms. The molecule has 0 saturated carbocycles. The van der Waals surface area contributed by atoms with Gasteiger partial charge in [-0.15, -0.1) is 0 Å². The molecule has 1 aromatic heterocycles. The Kier molecular flexibility index (Phi) is 5.22. The second-order valence-electron chi connectivity index (χ2n) is 5.59. The molecule has 1 N–H and O–H groups in total. The van der Waals surface area contributed by atoms with Crippen LogP contribution in [0, 0.1) is 13.8 Å². The van der Waals surface area contributed by atoms with Crippen molar-refractivity contribution in [3.05, 3.63) is 17.0 Å². The second kappa shape index (κ2) is 6.93. The third kappa shape index (κ3) is 3.75. The van der Waals surface area contributed by atoms with Crippen molar-refractivity contribution >= 4 is 6.09 Å². The standard InChI is InChI=1S/C15H25N3O3/c1-5-20-15(19)18-8-6-13(7-9-18)16-10(2)14-11(3)17-21-12(14)4/h10,13,16H,5-9H2,1-4H3. The molecule has 21 heavy (non-hydrogen) atoms. The number of piperidine rings is 1. The van der Waals surface area contributed by atoms with Crippen LogP contribution in [0.1, 0.15) is 49.7 Å². The lowest BCUT2D eigenvalue weighted by Crippen LogP contribution is -2.45. The van der Waals surface area contributed by atoms with Crippen molar-refractivity contribution in [2.75, 3.05) is 19.7 Å². The van der Waals surface area contributed by atoms with Crippen LogP contribution >= 0.6 is 0 Å². The molecule has 118 valence electrons. The highest BCUT2D eigenvalue weighted by atomic mass is 16.6. The lowest BCUT2D eigenvalue weighted by molar-refractivity contribution is 0.0943. The Morgan fingerprint density at radius 1 is 1.48 bits per heavy atom. The van der Waals surface area contributed by atoms with Crippen molar-refractivity contribution in [2.24, 2.45) is 0 Å². The van der Waals surface area contributed by atoms with Crippen LogP contribution in [0.5, 0.6) is 0 Å². The lowest BCUT2D eigenvalue weighted by atomic mass is 10.0. The number of hydrogen-bond donors (Lipinski definition) is 1. The van der Waals surface area contributed by atoms with Gasteiger partial charge >= 0.3 is 6.09 Å². The quantitative estimate of drug-likeness (QED) is 0.924. The molecule has 1 aliphatic rings. The smallest absolute Gasteiger partial charge is 0.409 e. The first-order valence-electron chi connectivity index (χ1n) is 7.63. The first-order chi connectivity index (χ1) is 10.0. The van der Waals surface area contributed by atoms with Gasteiger partial charge in [-0.2, -0.15) is 0 Å². The van der Waals surface area contributed by atoms with Crippen LogP contribution in [0.25, 0.3) is 0 Å². The van der Waals surface area contributed by atoms with Crippen LogP contribution in [-0.2, 0) is 4.74 Å². The summed E-state index contributed by atoms with van der Waals surface area (Å²) in [6.45, 7) is 9.78. The molecule has 2 rings (SSSR count). The van der Waals surface area contributed by atoms with E-state index in [2.05, 4.69) is 17.4 Å². The number of amides is 1. The maximum atomic E-state index is 11.7. The average molecular weight is 295 g/mol. The van der Waals surface area contributed by atoms with E-state index in [0.29, 0.717) is 12.6 Å². The molecule has 2 heterocycles. The first-order valence-corrected chi connectivity index (χ1v) is 7.63. The highest BCUT2D eigenvalue weighted by Gasteiger charge is 2.26. The van der Waals surface area contributed by atoms with E-state index in [1.165, 1.54) is 0 Å². The molecule has 0 aromatic carbocycles. The molecule has 1 amide bonds. The van der Waals surface area contributed by atoms with Gasteiger partial charge in [0.2, 0.25) is 0 Å². The summed E-state index contributed by atoms with van der Waals surface area (Å²) >= 11 is 0. The van der Waals surface area contributed by atoms with Gasteiger partial charge in [0, 0.05) is 30.7 Å². The number of aromatic nitrogens is 1. The molecule has 0 bridgehead atoms. The zero-order valence-electron chi connectivity index (χ0n) is 13.3. The van der Waals surface area contributed by atoms with Crippen molar-refractivity contribution in [2.45, 2.75) is 52.6 Å². The predicted octanol–water partition coefficient (Wildman–Crippen LogP) is 2.56. The van der Waals surface area contributed by atoms with E-state index >= 15 is 0 Å². The minimum Gasteiger partial charge on any atom is -0.450 e. The van der Waals surface area contributed by atoms with Crippen LogP contribution in [-0.4, -0.2) is 41.9 Å². The van der Waals surface area contributed by atoms with Gasteiger partial charge in [0.15, 0.2) is 0 Å². The molecule has 1 fully saturated rings. The van der Waals surface area contributed by atoms with Gasteiger partial charge in [-0.1, -0.05) is 5.16 Å². The molecule has 0 radical (unpaired) electrons. The van der Waals surface area contributed by atoms with E-state index in [4.69, 9.17) is 9.26 Å². The molecule has 6 nitrogen and oxygen atoms in total. The lowest BCUT2D eigenvalue weighted by Gasteiger charge is -2.33. The van der Waals surface area contributed by atoms with Gasteiger partial charge in [0.25, 0.3) is 0 Å². The number of rotatable bonds is 4. The molecule has 1 aromatic rings. The van der Waals surface area contributed by atoms with E-state index in [1.54, 1.807) is 4.90 Å². The maximum Gasteiger partial charge on any atom is 0.409 e. The van der Waals surface area contributed by atoms with E-state index in [1.807, 2.05) is 20.8 Å². The largest absolute Gasteiger partial charge is 0.450 e. The van der Waals surface area contributed by atoms with Gasteiger partial charge in [-0.25, -0.2) is 4.79 Å². The Morgan fingerprint density at radius 2 is 2.14 bits per heavy atom. The number of carbonyl (C=O) groups is 1. The number of nitrogens with one attached hydrogen (secondary N) is 1. The summed E-state index contributed by atoms with van der Waals surface area (Å²) in [6.07, 6.45) is 1.67. The Balaban J connectivity index is 1.85. The van der Waals surface area contributed by atoms with Crippen molar-refractivity contribution < 1.29 is 14.1 Å². The second-order valence-corrected chi connectivity index (χ2v) is 5.59. The zero-order valence-corrected chi connectivity index (χ0v) is 13.3. The number of likely N-dealkylation sites (tertiary alicyclic amines) is 1. The molecule has 1 unspecified atom stereocenters. The number of carbonyl (C=O) groups excluding carboxylic acids is 1. The number of aryl methyl sites for hydroxylation is 2. The van der Waals surface area contributed by atoms with Crippen LogP contribution in [0.4, 0.5) is 4.79 Å². The maximum absolute atomic E-state index is 11.7. The van der Waals surface area contributed by atoms with Crippen molar-refractivity contribution in [3.8, 4) is 0 Å². The summed E-state index contributed by atoms with van der Waals surface area (Å²) in [6, 6.07) is 0.606. The highest BCUT2D eigenvalue weighted by molar-refractivity contribution is 5.67. The topological polar surface area (TPSA) is 67.6 Å². The van der Waals surface area contributed by atoms with Crippen LogP contribution in [0.3, 0.4) is 0 Å². The summed E-state index contributed by atoms with van der Waals surface area (Å²) in [5, 5.41) is 7.62. The molecule has 1 atom stereocenters. The Morgan fingerprint density at radius 3 is 2.67 bits per heavy atom. The van der Waals surface area contributed by atoms with Gasteiger partial charge in [0.05, 0.1) is 12.3 Å². The van der Waals surface area contributed by atoms with Gasteiger partial charge in [-0.3, -0.25) is 0 Å². The number of nitrogens with zero attached hydrogens (tertiary/aromatic N) is 2. The summed E-state index contributed by atoms with van der Waals surface area (Å²) in [5.74, 6) is 0.872. The highest BCUT2D eigenvalue weighted by Crippen LogP contribution is 2.23. The molecule has 1 saturated heterocycles. The van der Waals surface area contributed by atoms with Gasteiger partial charge in [0.1, 0.15) is 5.76 Å².